The van der Waals surface area contributed by atoms with Crippen LogP contribution in [0.2, 0.25) is 0 Å². The second kappa shape index (κ2) is 12.5. The van der Waals surface area contributed by atoms with Gasteiger partial charge in [0.2, 0.25) is 0 Å². The summed E-state index contributed by atoms with van der Waals surface area (Å²) in [6, 6.07) is 48.0. The van der Waals surface area contributed by atoms with Gasteiger partial charge in [0, 0.05) is 0 Å². The Morgan fingerprint density at radius 1 is 0.381 bits per heavy atom. The quantitative estimate of drug-likeness (QED) is 0.168. The molecule has 0 heterocycles. The van der Waals surface area contributed by atoms with Crippen molar-refractivity contribution in [3.8, 4) is 11.1 Å². The summed E-state index contributed by atoms with van der Waals surface area (Å²) in [7, 11) is -2.22. The summed E-state index contributed by atoms with van der Waals surface area (Å²) in [5, 5.41) is 6.43. The molecule has 0 radical (unpaired) electrons. The summed E-state index contributed by atoms with van der Waals surface area (Å²) in [4.78, 5) is 0. The first-order valence-electron chi connectivity index (χ1n) is 13.9. The molecule has 0 saturated carbocycles. The van der Waals surface area contributed by atoms with Crippen LogP contribution in [0.25, 0.3) is 11.1 Å². The Morgan fingerprint density at radius 2 is 0.643 bits per heavy atom. The number of hydrogen-bond donors (Lipinski definition) is 0. The van der Waals surface area contributed by atoms with Gasteiger partial charge in [-0.2, -0.15) is 0 Å². The smallest absolute Gasteiger partial charge is 0.124 e. The second-order valence-electron chi connectivity index (χ2n) is 10.2. The molecule has 0 bridgehead atoms. The fourth-order valence-electron chi connectivity index (χ4n) is 5.62. The fraction of sp³-hybridized carbons (Fsp3) is 0.0526. The molecule has 0 spiro atoms. The highest BCUT2D eigenvalue weighted by Gasteiger charge is 2.28. The Kier molecular flexibility index (Phi) is 8.38. The van der Waals surface area contributed by atoms with Crippen LogP contribution >= 0.6 is 15.8 Å². The van der Waals surface area contributed by atoms with E-state index in [4.69, 9.17) is 0 Å². The molecule has 0 unspecified atom stereocenters. The van der Waals surface area contributed by atoms with E-state index >= 15 is 8.78 Å². The molecule has 0 aliphatic heterocycles. The fourth-order valence-corrected chi connectivity index (χ4v) is 10.7. The van der Waals surface area contributed by atoms with Gasteiger partial charge in [-0.1, -0.05) is 121 Å². The van der Waals surface area contributed by atoms with Gasteiger partial charge in [0.15, 0.2) is 0 Å². The maximum atomic E-state index is 15.4. The predicted molar refractivity (Wildman–Crippen MR) is 179 cm³/mol. The molecule has 0 aromatic heterocycles. The molecule has 0 atom stereocenters. The topological polar surface area (TPSA) is 0 Å². The maximum Gasteiger partial charge on any atom is 0.124 e. The van der Waals surface area contributed by atoms with Crippen LogP contribution in [0.5, 0.6) is 0 Å². The molecule has 0 nitrogen and oxygen atoms in total. The van der Waals surface area contributed by atoms with Gasteiger partial charge in [-0.3, -0.25) is 0 Å². The van der Waals surface area contributed by atoms with E-state index in [0.717, 1.165) is 54.1 Å². The van der Waals surface area contributed by atoms with E-state index in [-0.39, 0.29) is 11.6 Å². The number of benzene rings is 6. The van der Waals surface area contributed by atoms with Crippen LogP contribution in [0.4, 0.5) is 8.78 Å². The third kappa shape index (κ3) is 5.71. The van der Waals surface area contributed by atoms with Gasteiger partial charge in [-0.15, -0.1) is 0 Å². The van der Waals surface area contributed by atoms with Crippen molar-refractivity contribution in [1.29, 1.82) is 0 Å². The molecule has 4 heteroatoms. The average Bonchev–Trinajstić information content (AvgIpc) is 3.00. The first-order chi connectivity index (χ1) is 20.5. The maximum absolute atomic E-state index is 15.4. The monoisotopic (exact) mass is 586 g/mol. The summed E-state index contributed by atoms with van der Waals surface area (Å²) >= 11 is 0. The first-order valence-corrected chi connectivity index (χ1v) is 16.6. The Labute approximate surface area is 249 Å². The van der Waals surface area contributed by atoms with Gasteiger partial charge in [-0.05, 0) is 108 Å². The lowest BCUT2D eigenvalue weighted by atomic mass is 9.96. The first kappa shape index (κ1) is 28.2. The highest BCUT2D eigenvalue weighted by Crippen LogP contribution is 2.43. The zero-order valence-corrected chi connectivity index (χ0v) is 25.3. The van der Waals surface area contributed by atoms with Crippen molar-refractivity contribution >= 4 is 47.7 Å². The largest absolute Gasteiger partial charge is 0.207 e. The third-order valence-electron chi connectivity index (χ3n) is 7.35. The SMILES string of the molecule is Cc1cc(F)cc(P(c2ccccc2)c2ccccc2)c1-c1c(C)cc(F)cc1P(c1ccccc1)c1ccccc1. The van der Waals surface area contributed by atoms with Crippen LogP contribution in [0.1, 0.15) is 11.1 Å². The van der Waals surface area contributed by atoms with Crippen LogP contribution in [0.3, 0.4) is 0 Å². The highest BCUT2D eigenvalue weighted by atomic mass is 31.1. The summed E-state index contributed by atoms with van der Waals surface area (Å²) in [5.41, 5.74) is 3.66. The molecule has 42 heavy (non-hydrogen) atoms. The molecule has 6 aromatic carbocycles. The highest BCUT2D eigenvalue weighted by molar-refractivity contribution is 7.80. The van der Waals surface area contributed by atoms with Crippen LogP contribution in [-0.4, -0.2) is 0 Å². The van der Waals surface area contributed by atoms with Crippen molar-refractivity contribution in [3.05, 3.63) is 168 Å². The van der Waals surface area contributed by atoms with Gasteiger partial charge in [0.05, 0.1) is 0 Å². The number of hydrogen-bond acceptors (Lipinski definition) is 0. The van der Waals surface area contributed by atoms with Gasteiger partial charge in [-0.25, -0.2) is 8.78 Å². The van der Waals surface area contributed by atoms with Crippen LogP contribution < -0.4 is 31.8 Å². The van der Waals surface area contributed by atoms with Crippen molar-refractivity contribution in [1.82, 2.24) is 0 Å². The molecule has 0 saturated heterocycles. The van der Waals surface area contributed by atoms with Crippen molar-refractivity contribution in [2.45, 2.75) is 13.8 Å². The zero-order valence-electron chi connectivity index (χ0n) is 23.5. The number of halogens is 2. The van der Waals surface area contributed by atoms with E-state index in [1.54, 1.807) is 24.3 Å². The minimum atomic E-state index is -1.11. The molecular formula is C38H30F2P2. The molecular weight excluding hydrogens is 556 g/mol. The summed E-state index contributed by atoms with van der Waals surface area (Å²) in [6.45, 7) is 3.95. The van der Waals surface area contributed by atoms with E-state index in [1.165, 1.54) is 0 Å². The van der Waals surface area contributed by atoms with Crippen LogP contribution in [0.15, 0.2) is 146 Å². The molecule has 0 fully saturated rings. The Morgan fingerprint density at radius 3 is 0.905 bits per heavy atom. The summed E-state index contributed by atoms with van der Waals surface area (Å²) in [6.07, 6.45) is 0. The predicted octanol–water partition coefficient (Wildman–Crippen LogP) is 7.77. The molecule has 0 N–H and O–H groups in total. The Balaban J connectivity index is 1.69. The average molecular weight is 587 g/mol. The Bertz CT molecular complexity index is 1590. The molecule has 0 amide bonds. The van der Waals surface area contributed by atoms with Gasteiger partial charge in [0.1, 0.15) is 11.6 Å². The van der Waals surface area contributed by atoms with Crippen LogP contribution in [-0.2, 0) is 0 Å². The lowest BCUT2D eigenvalue weighted by Crippen LogP contribution is -2.27. The van der Waals surface area contributed by atoms with E-state index in [0.29, 0.717) is 0 Å². The van der Waals surface area contributed by atoms with Crippen LogP contribution in [0, 0.1) is 25.5 Å². The van der Waals surface area contributed by atoms with E-state index in [1.807, 2.05) is 86.6 Å². The number of aryl methyl sites for hydroxylation is 2. The lowest BCUT2D eigenvalue weighted by Gasteiger charge is -2.28. The van der Waals surface area contributed by atoms with Gasteiger partial charge in [0.25, 0.3) is 0 Å². The molecule has 0 aliphatic carbocycles. The van der Waals surface area contributed by atoms with E-state index in [2.05, 4.69) is 48.5 Å². The second-order valence-corrected chi connectivity index (χ2v) is 14.6. The molecule has 6 aromatic rings. The normalized spacial score (nSPS) is 11.3. The van der Waals surface area contributed by atoms with E-state index in [9.17, 15) is 0 Å². The standard InChI is InChI=1S/C38H30F2P2/c1-27-23-29(39)25-35(41(31-15-7-3-8-16-31)32-17-9-4-10-18-32)37(27)38-28(2)24-30(40)26-36(38)42(33-19-11-5-12-20-33)34-21-13-6-14-22-34/h3-26H,1-2H3. The lowest BCUT2D eigenvalue weighted by molar-refractivity contribution is 0.627. The molecule has 206 valence electrons. The third-order valence-corrected chi connectivity index (χ3v) is 12.3. The Hall–Kier alpha value is -3.96. The minimum Gasteiger partial charge on any atom is -0.207 e. The summed E-state index contributed by atoms with van der Waals surface area (Å²) in [5.74, 6) is -0.527. The number of rotatable bonds is 7. The molecule has 6 rings (SSSR count). The zero-order chi connectivity index (χ0) is 29.1. The summed E-state index contributed by atoms with van der Waals surface area (Å²) < 4.78 is 30.8. The van der Waals surface area contributed by atoms with Gasteiger partial charge < -0.3 is 0 Å². The van der Waals surface area contributed by atoms with Crippen molar-refractivity contribution < 1.29 is 8.78 Å². The van der Waals surface area contributed by atoms with Crippen molar-refractivity contribution in [3.63, 3.8) is 0 Å². The molecule has 0 aliphatic rings. The minimum absolute atomic E-state index is 0.264. The van der Waals surface area contributed by atoms with Crippen molar-refractivity contribution in [2.75, 3.05) is 0 Å². The van der Waals surface area contributed by atoms with Gasteiger partial charge >= 0.3 is 0 Å². The van der Waals surface area contributed by atoms with Crippen molar-refractivity contribution in [2.24, 2.45) is 0 Å². The van der Waals surface area contributed by atoms with E-state index < -0.39 is 15.8 Å².